The van der Waals surface area contributed by atoms with Gasteiger partial charge in [-0.05, 0) is 75.0 Å². The van der Waals surface area contributed by atoms with Gasteiger partial charge in [-0.1, -0.05) is 24.4 Å². The summed E-state index contributed by atoms with van der Waals surface area (Å²) in [5.74, 6) is -8.23. The first kappa shape index (κ1) is 67.0. The minimum atomic E-state index is -4.99. The maximum Gasteiger partial charge on any atom is 3.00 e. The molecule has 0 bridgehead atoms. The van der Waals surface area contributed by atoms with Crippen LogP contribution in [0.5, 0.6) is 0 Å². The maximum absolute atomic E-state index is 11.9. The molecule has 0 unspecified atom stereocenters. The van der Waals surface area contributed by atoms with Crippen molar-refractivity contribution in [2.75, 3.05) is 31.5 Å². The standard InChI is InChI=1S/2C12H14F6N2O2.CH2Cl2.2CNS.2Mn/c2*1-7(5-9(21)11(13,14)15)19-3-4-20-8(2)6-10(22)12(16,17)18;3*2-1-3;;/h2*5-6,21-22H,3-4H2,1-2H3;1H2;;;;/q;;;2*-1;2*+3/p-4/b2*9-5-,10-6-,19-7?,20-8?;;;;;. The van der Waals surface area contributed by atoms with E-state index in [-0.39, 0.29) is 88.5 Å². The Morgan fingerprint density at radius 2 is 0.600 bits per heavy atom. The van der Waals surface area contributed by atoms with Crippen molar-refractivity contribution in [2.24, 2.45) is 20.0 Å². The first-order valence-electron chi connectivity index (χ1n) is 12.9. The predicted molar refractivity (Wildman–Crippen MR) is 177 cm³/mol. The Balaban J connectivity index is -0.000000133. The average Bonchev–Trinajstić information content (AvgIpc) is 2.97. The van der Waals surface area contributed by atoms with Crippen molar-refractivity contribution in [3.8, 4) is 0 Å². The number of rotatable bonds is 10. The van der Waals surface area contributed by atoms with E-state index in [4.69, 9.17) is 34.0 Å². The number of alkyl halides is 14. The van der Waals surface area contributed by atoms with Crippen molar-refractivity contribution < 1.29 is 107 Å². The molecular weight excluding hydrogens is 945 g/mol. The summed E-state index contributed by atoms with van der Waals surface area (Å²) in [6, 6.07) is 0. The minimum Gasteiger partial charge on any atom is -0.869 e. The molecule has 0 heterocycles. The molecule has 0 amide bonds. The summed E-state index contributed by atoms with van der Waals surface area (Å²) < 4.78 is 143. The molecule has 0 aromatic carbocycles. The van der Waals surface area contributed by atoms with E-state index in [1.807, 2.05) is 0 Å². The number of isothiocyanates is 2. The Morgan fingerprint density at radius 3 is 0.691 bits per heavy atom. The van der Waals surface area contributed by atoms with Crippen LogP contribution in [-0.2, 0) is 34.1 Å². The van der Waals surface area contributed by atoms with Gasteiger partial charge in [0.15, 0.2) is 0 Å². The SMILES string of the molecule is CC(/C=C(\[O-])C(F)(F)F)=NCCN=C(C)/C=C(\[O-])C(F)(F)F.CC(/C=C(\[O-])C(F)(F)F)=NCCN=C(C)/C=C(\[O-])C(F)(F)F.ClCCl.[Mn+3].[Mn+3].[N-]=C=S.[N-]=C=S. The van der Waals surface area contributed by atoms with Crippen LogP contribution in [0.2, 0.25) is 0 Å². The second-order valence-corrected chi connectivity index (χ2v) is 9.57. The van der Waals surface area contributed by atoms with Gasteiger partial charge in [0.25, 0.3) is 0 Å². The van der Waals surface area contributed by atoms with Gasteiger partial charge in [0.2, 0.25) is 0 Å². The second kappa shape index (κ2) is 35.6. The van der Waals surface area contributed by atoms with Crippen molar-refractivity contribution >= 4 is 80.8 Å². The fourth-order valence-electron chi connectivity index (χ4n) is 2.17. The zero-order valence-electron chi connectivity index (χ0n) is 28.0. The zero-order chi connectivity index (χ0) is 43.2. The van der Waals surface area contributed by atoms with Crippen LogP contribution in [0.4, 0.5) is 52.7 Å². The Labute approximate surface area is 348 Å². The molecule has 0 rings (SSSR count). The normalized spacial score (nSPS) is 13.6. The first-order valence-corrected chi connectivity index (χ1v) is 14.8. The third-order valence-electron chi connectivity index (χ3n) is 4.12. The van der Waals surface area contributed by atoms with E-state index >= 15 is 0 Å². The van der Waals surface area contributed by atoms with Crippen LogP contribution in [-0.4, -0.2) is 89.4 Å². The molecule has 0 aliphatic heterocycles. The predicted octanol–water partition coefficient (Wildman–Crippen LogP) is 5.78. The van der Waals surface area contributed by atoms with Gasteiger partial charge in [0.05, 0.1) is 31.5 Å². The van der Waals surface area contributed by atoms with E-state index in [0.29, 0.717) is 24.3 Å². The van der Waals surface area contributed by atoms with Crippen LogP contribution >= 0.6 is 47.6 Å². The molecule has 0 radical (unpaired) electrons. The van der Waals surface area contributed by atoms with Crippen molar-refractivity contribution in [1.82, 2.24) is 0 Å². The molecule has 0 aromatic rings. The number of thiocarbonyl (C=S) groups is 2. The quantitative estimate of drug-likeness (QED) is 0.0508. The van der Waals surface area contributed by atoms with Gasteiger partial charge in [-0.2, -0.15) is 63.0 Å². The van der Waals surface area contributed by atoms with Crippen LogP contribution < -0.4 is 20.4 Å². The van der Waals surface area contributed by atoms with Crippen molar-refractivity contribution in [3.63, 3.8) is 0 Å². The van der Waals surface area contributed by atoms with Crippen molar-refractivity contribution in [2.45, 2.75) is 52.4 Å². The van der Waals surface area contributed by atoms with E-state index in [1.165, 1.54) is 38.0 Å². The van der Waals surface area contributed by atoms with Gasteiger partial charge < -0.3 is 31.2 Å². The Bertz CT molecular complexity index is 1230. The molecule has 55 heavy (non-hydrogen) atoms. The minimum absolute atomic E-state index is 0. The largest absolute Gasteiger partial charge is 3.00 e. The number of halogens is 14. The number of aliphatic imine (C=N–C) groups is 4. The van der Waals surface area contributed by atoms with Crippen molar-refractivity contribution in [1.29, 1.82) is 0 Å². The summed E-state index contributed by atoms with van der Waals surface area (Å²) in [5, 5.41) is 59.5. The topological polar surface area (TPSA) is 186 Å². The molecule has 0 atom stereocenters. The first-order chi connectivity index (χ1) is 23.9. The van der Waals surface area contributed by atoms with Crippen LogP contribution in [0.1, 0.15) is 27.7 Å². The van der Waals surface area contributed by atoms with Gasteiger partial charge >= 0.3 is 58.8 Å². The number of hydrogen-bond donors (Lipinski definition) is 0. The molecular formula is C27H26Cl2F12Mn2N6O4S2. The van der Waals surface area contributed by atoms with Gasteiger partial charge in [-0.15, -0.1) is 23.2 Å². The molecule has 0 spiro atoms. The van der Waals surface area contributed by atoms with Gasteiger partial charge in [0, 0.05) is 22.8 Å². The molecule has 0 N–H and O–H groups in total. The molecule has 0 saturated carbocycles. The smallest absolute Gasteiger partial charge is 0.869 e. The zero-order valence-corrected chi connectivity index (χ0v) is 33.5. The summed E-state index contributed by atoms with van der Waals surface area (Å²) in [6.07, 6.45) is -18.7. The van der Waals surface area contributed by atoms with E-state index in [0.717, 1.165) is 0 Å². The molecule has 0 aromatic heterocycles. The summed E-state index contributed by atoms with van der Waals surface area (Å²) in [4.78, 5) is 14.4. The third-order valence-corrected chi connectivity index (χ3v) is 4.12. The monoisotopic (exact) mass is 970 g/mol. The maximum atomic E-state index is 11.9. The fraction of sp³-hybridized carbons (Fsp3) is 0.481. The van der Waals surface area contributed by atoms with Gasteiger partial charge in [-0.25, -0.2) is 0 Å². The second-order valence-electron chi connectivity index (χ2n) is 8.40. The average molecular weight is 971 g/mol. The van der Waals surface area contributed by atoms with E-state index < -0.39 is 47.7 Å². The molecule has 312 valence electrons. The molecule has 10 nitrogen and oxygen atoms in total. The Hall–Kier alpha value is -2.78. The summed E-state index contributed by atoms with van der Waals surface area (Å²) in [5.41, 5.74) is -0.757. The van der Waals surface area contributed by atoms with Crippen LogP contribution in [0.3, 0.4) is 0 Å². The molecule has 0 aliphatic carbocycles. The number of nitrogens with zero attached hydrogens (tertiary/aromatic N) is 6. The number of allylic oxidation sites excluding steroid dienone is 8. The Morgan fingerprint density at radius 1 is 0.491 bits per heavy atom. The van der Waals surface area contributed by atoms with Gasteiger partial charge in [-0.3, -0.25) is 20.0 Å². The fourth-order valence-corrected chi connectivity index (χ4v) is 2.17. The van der Waals surface area contributed by atoms with Crippen molar-refractivity contribution in [3.05, 3.63) is 58.2 Å². The van der Waals surface area contributed by atoms with E-state index in [9.17, 15) is 73.1 Å². The van der Waals surface area contributed by atoms with E-state index in [2.05, 4.69) is 44.4 Å². The summed E-state index contributed by atoms with van der Waals surface area (Å²) >= 11 is 16.9. The molecule has 28 heteroatoms. The molecule has 0 fully saturated rings. The van der Waals surface area contributed by atoms with Gasteiger partial charge in [0.1, 0.15) is 0 Å². The van der Waals surface area contributed by atoms with Crippen LogP contribution in [0.25, 0.3) is 10.8 Å². The summed E-state index contributed by atoms with van der Waals surface area (Å²) in [6.45, 7) is 4.10. The van der Waals surface area contributed by atoms with E-state index in [1.54, 1.807) is 0 Å². The number of hydrogen-bond acceptors (Lipinski definition) is 10. The van der Waals surface area contributed by atoms with Crippen LogP contribution in [0.15, 0.2) is 67.3 Å². The third kappa shape index (κ3) is 47.3. The molecule has 0 aliphatic rings. The molecule has 0 saturated heterocycles. The van der Waals surface area contributed by atoms with Crippen LogP contribution in [0, 0.1) is 0 Å². The Kier molecular flexibility index (Phi) is 43.4. The summed E-state index contributed by atoms with van der Waals surface area (Å²) in [7, 11) is 0.